The molecule has 0 radical (unpaired) electrons. The SMILES string of the molecule is CCOC(=O)c1ccc(Nc2cnnc(Nc3c(F)cccc3F)n2)cc1. The predicted octanol–water partition coefficient (Wildman–Crippen LogP) is 3.81. The zero-order valence-electron chi connectivity index (χ0n) is 14.2. The smallest absolute Gasteiger partial charge is 0.338 e. The molecule has 2 aromatic carbocycles. The van der Waals surface area contributed by atoms with E-state index in [9.17, 15) is 13.6 Å². The first-order valence-electron chi connectivity index (χ1n) is 8.02. The lowest BCUT2D eigenvalue weighted by Crippen LogP contribution is -2.06. The topological polar surface area (TPSA) is 89.0 Å². The Kier molecular flexibility index (Phi) is 5.50. The molecule has 7 nitrogen and oxygen atoms in total. The van der Waals surface area contributed by atoms with Gasteiger partial charge in [0.2, 0.25) is 5.95 Å². The first kappa shape index (κ1) is 18.2. The fourth-order valence-electron chi connectivity index (χ4n) is 2.20. The van der Waals surface area contributed by atoms with Crippen LogP contribution < -0.4 is 10.6 Å². The van der Waals surface area contributed by atoms with E-state index in [0.29, 0.717) is 23.7 Å². The minimum absolute atomic E-state index is 0.0767. The van der Waals surface area contributed by atoms with Crippen LogP contribution in [0.1, 0.15) is 17.3 Å². The fraction of sp³-hybridized carbons (Fsp3) is 0.111. The lowest BCUT2D eigenvalue weighted by atomic mass is 10.2. The summed E-state index contributed by atoms with van der Waals surface area (Å²) in [6, 6.07) is 10.0. The molecular weight excluding hydrogens is 356 g/mol. The van der Waals surface area contributed by atoms with Gasteiger partial charge in [0, 0.05) is 5.69 Å². The summed E-state index contributed by atoms with van der Waals surface area (Å²) in [7, 11) is 0. The summed E-state index contributed by atoms with van der Waals surface area (Å²) in [5, 5.41) is 12.9. The van der Waals surface area contributed by atoms with Gasteiger partial charge in [0.25, 0.3) is 0 Å². The van der Waals surface area contributed by atoms with Crippen LogP contribution in [0, 0.1) is 11.6 Å². The average molecular weight is 371 g/mol. The van der Waals surface area contributed by atoms with Crippen molar-refractivity contribution in [3.63, 3.8) is 0 Å². The standard InChI is InChI=1S/C18H15F2N5O2/c1-2-27-17(26)11-6-8-12(9-7-11)22-15-10-21-25-18(23-15)24-16-13(19)4-3-5-14(16)20/h3-10H,2H2,1H3,(H2,22,23,24,25). The number of carbonyl (C=O) groups is 1. The van der Waals surface area contributed by atoms with Crippen molar-refractivity contribution < 1.29 is 18.3 Å². The van der Waals surface area contributed by atoms with Crippen LogP contribution in [0.15, 0.2) is 48.7 Å². The molecule has 0 saturated carbocycles. The number of carbonyl (C=O) groups excluding carboxylic acids is 1. The molecule has 1 heterocycles. The van der Waals surface area contributed by atoms with Crippen LogP contribution in [0.3, 0.4) is 0 Å². The van der Waals surface area contributed by atoms with E-state index in [1.165, 1.54) is 12.3 Å². The third-order valence-corrected chi connectivity index (χ3v) is 3.43. The van der Waals surface area contributed by atoms with E-state index in [4.69, 9.17) is 4.74 Å². The summed E-state index contributed by atoms with van der Waals surface area (Å²) < 4.78 is 32.3. The van der Waals surface area contributed by atoms with Crippen LogP contribution >= 0.6 is 0 Å². The summed E-state index contributed by atoms with van der Waals surface area (Å²) in [4.78, 5) is 15.8. The van der Waals surface area contributed by atoms with Gasteiger partial charge in [-0.2, -0.15) is 10.1 Å². The number of hydrogen-bond acceptors (Lipinski definition) is 7. The number of nitrogens with zero attached hydrogens (tertiary/aromatic N) is 3. The quantitative estimate of drug-likeness (QED) is 0.637. The number of esters is 1. The number of nitrogens with one attached hydrogen (secondary N) is 2. The van der Waals surface area contributed by atoms with Crippen molar-refractivity contribution in [2.45, 2.75) is 6.92 Å². The maximum Gasteiger partial charge on any atom is 0.338 e. The minimum Gasteiger partial charge on any atom is -0.462 e. The van der Waals surface area contributed by atoms with E-state index in [0.717, 1.165) is 12.1 Å². The fourth-order valence-corrected chi connectivity index (χ4v) is 2.20. The van der Waals surface area contributed by atoms with Crippen LogP contribution in [0.5, 0.6) is 0 Å². The highest BCUT2D eigenvalue weighted by molar-refractivity contribution is 5.89. The van der Waals surface area contributed by atoms with Crippen molar-refractivity contribution in [2.24, 2.45) is 0 Å². The molecule has 0 spiro atoms. The summed E-state index contributed by atoms with van der Waals surface area (Å²) >= 11 is 0. The zero-order chi connectivity index (χ0) is 19.2. The van der Waals surface area contributed by atoms with E-state index in [2.05, 4.69) is 25.8 Å². The zero-order valence-corrected chi connectivity index (χ0v) is 14.2. The highest BCUT2D eigenvalue weighted by atomic mass is 19.1. The molecule has 1 aromatic heterocycles. The van der Waals surface area contributed by atoms with E-state index in [-0.39, 0.29) is 11.6 Å². The van der Waals surface area contributed by atoms with E-state index >= 15 is 0 Å². The third-order valence-electron chi connectivity index (χ3n) is 3.43. The van der Waals surface area contributed by atoms with Crippen LogP contribution in [0.4, 0.5) is 31.9 Å². The second-order valence-corrected chi connectivity index (χ2v) is 5.31. The monoisotopic (exact) mass is 371 g/mol. The Morgan fingerprint density at radius 3 is 2.44 bits per heavy atom. The number of halogens is 2. The van der Waals surface area contributed by atoms with Crippen molar-refractivity contribution in [3.8, 4) is 0 Å². The van der Waals surface area contributed by atoms with Gasteiger partial charge in [-0.1, -0.05) is 6.07 Å². The number of para-hydroxylation sites is 1. The van der Waals surface area contributed by atoms with Gasteiger partial charge in [-0.15, -0.1) is 5.10 Å². The van der Waals surface area contributed by atoms with E-state index in [1.807, 2.05) is 0 Å². The first-order chi connectivity index (χ1) is 13.1. The molecule has 27 heavy (non-hydrogen) atoms. The second-order valence-electron chi connectivity index (χ2n) is 5.31. The summed E-state index contributed by atoms with van der Waals surface area (Å²) in [6.45, 7) is 2.03. The molecule has 0 aliphatic carbocycles. The molecule has 2 N–H and O–H groups in total. The van der Waals surface area contributed by atoms with Crippen LogP contribution in [0.2, 0.25) is 0 Å². The molecule has 0 amide bonds. The number of aromatic nitrogens is 3. The molecule has 138 valence electrons. The van der Waals surface area contributed by atoms with Crippen molar-refractivity contribution in [1.29, 1.82) is 0 Å². The van der Waals surface area contributed by atoms with Gasteiger partial charge >= 0.3 is 5.97 Å². The average Bonchev–Trinajstić information content (AvgIpc) is 2.66. The summed E-state index contributed by atoms with van der Waals surface area (Å²) in [6.07, 6.45) is 1.35. The first-order valence-corrected chi connectivity index (χ1v) is 8.02. The number of ether oxygens (including phenoxy) is 1. The lowest BCUT2D eigenvalue weighted by Gasteiger charge is -2.09. The van der Waals surface area contributed by atoms with Gasteiger partial charge in [-0.25, -0.2) is 13.6 Å². The molecule has 3 aromatic rings. The molecular formula is C18H15F2N5O2. The van der Waals surface area contributed by atoms with Gasteiger partial charge in [0.05, 0.1) is 18.4 Å². The number of rotatable bonds is 6. The number of hydrogen-bond donors (Lipinski definition) is 2. The maximum absolute atomic E-state index is 13.7. The Morgan fingerprint density at radius 1 is 1.07 bits per heavy atom. The van der Waals surface area contributed by atoms with Gasteiger partial charge in [0.15, 0.2) is 5.82 Å². The highest BCUT2D eigenvalue weighted by Gasteiger charge is 2.11. The van der Waals surface area contributed by atoms with Crippen LogP contribution in [-0.2, 0) is 4.74 Å². The van der Waals surface area contributed by atoms with E-state index in [1.54, 1.807) is 31.2 Å². The van der Waals surface area contributed by atoms with E-state index < -0.39 is 17.6 Å². The molecule has 0 aliphatic heterocycles. The van der Waals surface area contributed by atoms with Crippen molar-refractivity contribution in [1.82, 2.24) is 15.2 Å². The Bertz CT molecular complexity index is 930. The lowest BCUT2D eigenvalue weighted by molar-refractivity contribution is 0.0526. The van der Waals surface area contributed by atoms with Crippen LogP contribution in [0.25, 0.3) is 0 Å². The summed E-state index contributed by atoms with van der Waals surface area (Å²) in [5.74, 6) is -1.73. The van der Waals surface area contributed by atoms with Gasteiger partial charge in [-0.3, -0.25) is 0 Å². The van der Waals surface area contributed by atoms with Gasteiger partial charge in [0.1, 0.15) is 17.3 Å². The molecule has 0 aliphatic rings. The Hall–Kier alpha value is -3.62. The molecule has 3 rings (SSSR count). The molecule has 0 fully saturated rings. The van der Waals surface area contributed by atoms with Crippen molar-refractivity contribution in [3.05, 3.63) is 65.9 Å². The molecule has 0 unspecified atom stereocenters. The normalized spacial score (nSPS) is 10.3. The molecule has 0 saturated heterocycles. The van der Waals surface area contributed by atoms with Crippen LogP contribution in [-0.4, -0.2) is 27.8 Å². The Labute approximate surface area is 153 Å². The number of anilines is 4. The van der Waals surface area contributed by atoms with Gasteiger partial charge < -0.3 is 15.4 Å². The van der Waals surface area contributed by atoms with Crippen molar-refractivity contribution >= 4 is 29.1 Å². The minimum atomic E-state index is -0.772. The molecule has 9 heteroatoms. The molecule has 0 atom stereocenters. The summed E-state index contributed by atoms with van der Waals surface area (Å²) in [5.41, 5.74) is 0.683. The predicted molar refractivity (Wildman–Crippen MR) is 95.1 cm³/mol. The highest BCUT2D eigenvalue weighted by Crippen LogP contribution is 2.22. The third kappa shape index (κ3) is 4.51. The van der Waals surface area contributed by atoms with Crippen molar-refractivity contribution in [2.75, 3.05) is 17.2 Å². The van der Waals surface area contributed by atoms with Gasteiger partial charge in [-0.05, 0) is 43.3 Å². The number of benzene rings is 2. The largest absolute Gasteiger partial charge is 0.462 e. The Morgan fingerprint density at radius 2 is 1.78 bits per heavy atom. The maximum atomic E-state index is 13.7. The Balaban J connectivity index is 1.73. The second kappa shape index (κ2) is 8.17. The molecule has 0 bridgehead atoms.